The number of carbonyl (C=O) groups is 1. The lowest BCUT2D eigenvalue weighted by atomic mass is 10.2. The third-order valence-electron chi connectivity index (χ3n) is 2.21. The first-order valence-electron chi connectivity index (χ1n) is 5.38. The molecule has 0 fully saturated rings. The molecule has 1 rings (SSSR count). The van der Waals surface area contributed by atoms with Crippen molar-refractivity contribution in [3.8, 4) is 0 Å². The number of carbonyl (C=O) groups excluding carboxylic acids is 1. The van der Waals surface area contributed by atoms with Crippen LogP contribution in [0.4, 0.5) is 0 Å². The summed E-state index contributed by atoms with van der Waals surface area (Å²) < 4.78 is 0. The minimum atomic E-state index is -0.00736. The van der Waals surface area contributed by atoms with Gasteiger partial charge in [-0.25, -0.2) is 0 Å². The molecule has 0 radical (unpaired) electrons. The fraction of sp³-hybridized carbons (Fsp3) is 0.545. The zero-order chi connectivity index (χ0) is 11.1. The second-order valence-corrected chi connectivity index (χ2v) is 3.52. The van der Waals surface area contributed by atoms with E-state index in [9.17, 15) is 4.79 Å². The van der Waals surface area contributed by atoms with Crippen LogP contribution in [0.25, 0.3) is 0 Å². The Morgan fingerprint density at radius 1 is 1.40 bits per heavy atom. The van der Waals surface area contributed by atoms with Crippen molar-refractivity contribution in [3.05, 3.63) is 23.5 Å². The zero-order valence-electron chi connectivity index (χ0n) is 9.39. The van der Waals surface area contributed by atoms with Gasteiger partial charge in [-0.15, -0.1) is 0 Å². The van der Waals surface area contributed by atoms with Crippen LogP contribution in [0.5, 0.6) is 0 Å². The number of amides is 1. The van der Waals surface area contributed by atoms with Crippen molar-refractivity contribution in [2.24, 2.45) is 0 Å². The fourth-order valence-electron chi connectivity index (χ4n) is 1.36. The lowest BCUT2D eigenvalue weighted by molar-refractivity contribution is 0.0953. The smallest absolute Gasteiger partial charge is 0.253 e. The Balaban J connectivity index is 2.22. The van der Waals surface area contributed by atoms with E-state index in [-0.39, 0.29) is 5.91 Å². The molecule has 0 aliphatic rings. The third kappa shape index (κ3) is 3.75. The molecule has 1 aromatic heterocycles. The summed E-state index contributed by atoms with van der Waals surface area (Å²) in [5, 5.41) is 6.09. The predicted octanol–water partition coefficient (Wildman–Crippen LogP) is 1.05. The summed E-state index contributed by atoms with van der Waals surface area (Å²) in [5.74, 6) is -0.00736. The maximum absolute atomic E-state index is 11.6. The highest BCUT2D eigenvalue weighted by Crippen LogP contribution is 2.03. The first-order valence-corrected chi connectivity index (χ1v) is 5.38. The number of aromatic amines is 1. The van der Waals surface area contributed by atoms with E-state index < -0.39 is 0 Å². The van der Waals surface area contributed by atoms with Crippen LogP contribution in [0.15, 0.2) is 12.3 Å². The standard InChI is InChI=1S/C11H19N3O/c1-3-5-12-7-8-14-11(15)10-4-6-13-9(10)2/h4,6,12-13H,3,5,7-8H2,1-2H3,(H,14,15). The van der Waals surface area contributed by atoms with Crippen LogP contribution in [0.2, 0.25) is 0 Å². The molecule has 1 amide bonds. The number of rotatable bonds is 6. The van der Waals surface area contributed by atoms with Crippen molar-refractivity contribution in [2.45, 2.75) is 20.3 Å². The van der Waals surface area contributed by atoms with Gasteiger partial charge in [-0.05, 0) is 26.0 Å². The van der Waals surface area contributed by atoms with Crippen LogP contribution < -0.4 is 10.6 Å². The summed E-state index contributed by atoms with van der Waals surface area (Å²) in [5.41, 5.74) is 1.64. The molecular formula is C11H19N3O. The summed E-state index contributed by atoms with van der Waals surface area (Å²) in [6, 6.07) is 1.80. The lowest BCUT2D eigenvalue weighted by Crippen LogP contribution is -2.32. The van der Waals surface area contributed by atoms with Crippen LogP contribution in [0, 0.1) is 6.92 Å². The van der Waals surface area contributed by atoms with Crippen molar-refractivity contribution in [1.82, 2.24) is 15.6 Å². The molecule has 0 aliphatic carbocycles. The van der Waals surface area contributed by atoms with Gasteiger partial charge >= 0.3 is 0 Å². The van der Waals surface area contributed by atoms with Gasteiger partial charge in [0.25, 0.3) is 5.91 Å². The lowest BCUT2D eigenvalue weighted by Gasteiger charge is -2.05. The molecule has 15 heavy (non-hydrogen) atoms. The SMILES string of the molecule is CCCNCCNC(=O)c1cc[nH]c1C. The molecule has 0 aliphatic heterocycles. The van der Waals surface area contributed by atoms with Gasteiger partial charge in [0.1, 0.15) is 0 Å². The molecule has 0 spiro atoms. The van der Waals surface area contributed by atoms with Crippen LogP contribution in [0.3, 0.4) is 0 Å². The number of hydrogen-bond acceptors (Lipinski definition) is 2. The first-order chi connectivity index (χ1) is 7.25. The molecule has 0 unspecified atom stereocenters. The molecule has 4 nitrogen and oxygen atoms in total. The van der Waals surface area contributed by atoms with Gasteiger partial charge in [0, 0.05) is 25.0 Å². The second-order valence-electron chi connectivity index (χ2n) is 3.52. The predicted molar refractivity (Wildman–Crippen MR) is 61.0 cm³/mol. The molecule has 0 saturated heterocycles. The average Bonchev–Trinajstić information content (AvgIpc) is 2.64. The minimum absolute atomic E-state index is 0.00736. The van der Waals surface area contributed by atoms with E-state index >= 15 is 0 Å². The number of aromatic nitrogens is 1. The quantitative estimate of drug-likeness (QED) is 0.613. The van der Waals surface area contributed by atoms with Gasteiger partial charge in [0.2, 0.25) is 0 Å². The Hall–Kier alpha value is -1.29. The zero-order valence-corrected chi connectivity index (χ0v) is 9.39. The second kappa shape index (κ2) is 6.24. The van der Waals surface area contributed by atoms with Crippen molar-refractivity contribution < 1.29 is 4.79 Å². The van der Waals surface area contributed by atoms with E-state index in [1.165, 1.54) is 0 Å². The Kier molecular flexibility index (Phi) is 4.90. The van der Waals surface area contributed by atoms with Gasteiger partial charge in [-0.2, -0.15) is 0 Å². The molecule has 1 aromatic rings. The topological polar surface area (TPSA) is 56.9 Å². The van der Waals surface area contributed by atoms with E-state index in [0.29, 0.717) is 6.54 Å². The van der Waals surface area contributed by atoms with E-state index in [4.69, 9.17) is 0 Å². The molecule has 0 bridgehead atoms. The molecular weight excluding hydrogens is 190 g/mol. The normalized spacial score (nSPS) is 10.3. The maximum Gasteiger partial charge on any atom is 0.253 e. The molecule has 1 heterocycles. The van der Waals surface area contributed by atoms with E-state index in [1.54, 1.807) is 12.3 Å². The van der Waals surface area contributed by atoms with Gasteiger partial charge in [0.05, 0.1) is 5.56 Å². The fourth-order valence-corrected chi connectivity index (χ4v) is 1.36. The van der Waals surface area contributed by atoms with Crippen molar-refractivity contribution in [1.29, 1.82) is 0 Å². The maximum atomic E-state index is 11.6. The van der Waals surface area contributed by atoms with Crippen LogP contribution in [0.1, 0.15) is 29.4 Å². The van der Waals surface area contributed by atoms with Gasteiger partial charge in [-0.1, -0.05) is 6.92 Å². The molecule has 4 heteroatoms. The van der Waals surface area contributed by atoms with Crippen molar-refractivity contribution >= 4 is 5.91 Å². The molecule has 0 saturated carbocycles. The largest absolute Gasteiger partial charge is 0.365 e. The Morgan fingerprint density at radius 3 is 2.80 bits per heavy atom. The Bertz CT molecular complexity index is 307. The Morgan fingerprint density at radius 2 is 2.20 bits per heavy atom. The summed E-state index contributed by atoms with van der Waals surface area (Å²) in [6.07, 6.45) is 2.89. The van der Waals surface area contributed by atoms with Crippen LogP contribution in [-0.4, -0.2) is 30.5 Å². The highest BCUT2D eigenvalue weighted by molar-refractivity contribution is 5.95. The third-order valence-corrected chi connectivity index (χ3v) is 2.21. The molecule has 3 N–H and O–H groups in total. The van der Waals surface area contributed by atoms with Crippen molar-refractivity contribution in [2.75, 3.05) is 19.6 Å². The van der Waals surface area contributed by atoms with Crippen molar-refractivity contribution in [3.63, 3.8) is 0 Å². The van der Waals surface area contributed by atoms with E-state index in [1.807, 2.05) is 6.92 Å². The minimum Gasteiger partial charge on any atom is -0.365 e. The summed E-state index contributed by atoms with van der Waals surface area (Å²) in [6.45, 7) is 6.50. The average molecular weight is 209 g/mol. The molecule has 0 atom stereocenters. The first kappa shape index (κ1) is 11.8. The number of nitrogens with one attached hydrogen (secondary N) is 3. The number of H-pyrrole nitrogens is 1. The summed E-state index contributed by atoms with van der Waals surface area (Å²) in [4.78, 5) is 14.6. The highest BCUT2D eigenvalue weighted by atomic mass is 16.1. The van der Waals surface area contributed by atoms with E-state index in [2.05, 4.69) is 22.5 Å². The Labute approximate surface area is 90.5 Å². The molecule has 84 valence electrons. The molecule has 0 aromatic carbocycles. The monoisotopic (exact) mass is 209 g/mol. The number of aryl methyl sites for hydroxylation is 1. The van der Waals surface area contributed by atoms with Crippen LogP contribution in [-0.2, 0) is 0 Å². The van der Waals surface area contributed by atoms with Gasteiger partial charge in [0.15, 0.2) is 0 Å². The summed E-state index contributed by atoms with van der Waals surface area (Å²) >= 11 is 0. The highest BCUT2D eigenvalue weighted by Gasteiger charge is 2.07. The number of hydrogen-bond donors (Lipinski definition) is 3. The van der Waals surface area contributed by atoms with Gasteiger partial charge in [-0.3, -0.25) is 4.79 Å². The van der Waals surface area contributed by atoms with E-state index in [0.717, 1.165) is 30.8 Å². The van der Waals surface area contributed by atoms with Gasteiger partial charge < -0.3 is 15.6 Å². The van der Waals surface area contributed by atoms with Crippen LogP contribution >= 0.6 is 0 Å². The summed E-state index contributed by atoms with van der Waals surface area (Å²) in [7, 11) is 0.